The quantitative estimate of drug-likeness (QED) is 0.679. The highest BCUT2D eigenvalue weighted by atomic mass is 32.2. The van der Waals surface area contributed by atoms with Gasteiger partial charge in [0, 0.05) is 9.58 Å². The number of methoxy groups -OCH3 is 1. The summed E-state index contributed by atoms with van der Waals surface area (Å²) in [4.78, 5) is 1.11. The third-order valence-corrected chi connectivity index (χ3v) is 4.76. The van der Waals surface area contributed by atoms with Crippen LogP contribution >= 0.6 is 11.3 Å². The molecule has 0 amide bonds. The first kappa shape index (κ1) is 14.9. The first-order chi connectivity index (χ1) is 10.4. The molecule has 0 spiro atoms. The Morgan fingerprint density at radius 1 is 0.955 bits per heavy atom. The predicted molar refractivity (Wildman–Crippen MR) is 89.3 cm³/mol. The number of benzene rings is 2. The first-order valence-electron chi connectivity index (χ1n) is 6.52. The molecular formula is C16H14O4S2. The van der Waals surface area contributed by atoms with Crippen molar-refractivity contribution in [2.75, 3.05) is 13.4 Å². The van der Waals surface area contributed by atoms with Gasteiger partial charge in [-0.15, -0.1) is 11.3 Å². The van der Waals surface area contributed by atoms with E-state index >= 15 is 0 Å². The molecule has 0 saturated carbocycles. The average molecular weight is 334 g/mol. The molecule has 0 fully saturated rings. The SMILES string of the molecule is COc1ccc2cc(-c3ccc(OS(C)(=O)=O)cc3)sc2c1. The molecule has 3 rings (SSSR count). The number of hydrogen-bond donors (Lipinski definition) is 0. The van der Waals surface area contributed by atoms with E-state index in [1.165, 1.54) is 0 Å². The fraction of sp³-hybridized carbons (Fsp3) is 0.125. The van der Waals surface area contributed by atoms with Crippen molar-refractivity contribution in [3.05, 3.63) is 48.5 Å². The average Bonchev–Trinajstić information content (AvgIpc) is 2.89. The van der Waals surface area contributed by atoms with E-state index in [-0.39, 0.29) is 0 Å². The molecule has 0 atom stereocenters. The molecule has 6 heteroatoms. The molecule has 3 aromatic rings. The van der Waals surface area contributed by atoms with Crippen molar-refractivity contribution in [1.29, 1.82) is 0 Å². The summed E-state index contributed by atoms with van der Waals surface area (Å²) < 4.78 is 33.4. The molecule has 0 bridgehead atoms. The van der Waals surface area contributed by atoms with E-state index in [1.807, 2.05) is 30.3 Å². The molecule has 0 unspecified atom stereocenters. The number of thiophene rings is 1. The van der Waals surface area contributed by atoms with Gasteiger partial charge in [0.25, 0.3) is 0 Å². The Morgan fingerprint density at radius 3 is 2.27 bits per heavy atom. The smallest absolute Gasteiger partial charge is 0.306 e. The van der Waals surface area contributed by atoms with Gasteiger partial charge in [-0.3, -0.25) is 0 Å². The van der Waals surface area contributed by atoms with Gasteiger partial charge >= 0.3 is 10.1 Å². The van der Waals surface area contributed by atoms with Crippen molar-refractivity contribution in [3.8, 4) is 21.9 Å². The highest BCUT2D eigenvalue weighted by molar-refractivity contribution is 7.86. The van der Waals surface area contributed by atoms with E-state index in [1.54, 1.807) is 30.6 Å². The van der Waals surface area contributed by atoms with Crippen LogP contribution in [0.15, 0.2) is 48.5 Å². The van der Waals surface area contributed by atoms with Crippen LogP contribution in [0.1, 0.15) is 0 Å². The van der Waals surface area contributed by atoms with Crippen LogP contribution in [0.4, 0.5) is 0 Å². The second-order valence-corrected chi connectivity index (χ2v) is 7.48. The van der Waals surface area contributed by atoms with Crippen molar-refractivity contribution >= 4 is 31.5 Å². The minimum atomic E-state index is -3.49. The van der Waals surface area contributed by atoms with Crippen LogP contribution in [-0.2, 0) is 10.1 Å². The molecule has 1 heterocycles. The number of ether oxygens (including phenoxy) is 1. The Balaban J connectivity index is 1.93. The molecule has 0 N–H and O–H groups in total. The second kappa shape index (κ2) is 5.62. The molecule has 2 aromatic carbocycles. The van der Waals surface area contributed by atoms with Crippen molar-refractivity contribution in [3.63, 3.8) is 0 Å². The zero-order valence-corrected chi connectivity index (χ0v) is 13.7. The molecule has 4 nitrogen and oxygen atoms in total. The zero-order valence-electron chi connectivity index (χ0n) is 12.1. The zero-order chi connectivity index (χ0) is 15.7. The minimum Gasteiger partial charge on any atom is -0.497 e. The normalized spacial score (nSPS) is 11.5. The van der Waals surface area contributed by atoms with Gasteiger partial charge in [0.05, 0.1) is 13.4 Å². The van der Waals surface area contributed by atoms with Crippen LogP contribution < -0.4 is 8.92 Å². The van der Waals surface area contributed by atoms with Crippen LogP contribution in [-0.4, -0.2) is 21.8 Å². The Kier molecular flexibility index (Phi) is 3.80. The van der Waals surface area contributed by atoms with E-state index in [0.29, 0.717) is 5.75 Å². The van der Waals surface area contributed by atoms with E-state index < -0.39 is 10.1 Å². The van der Waals surface area contributed by atoms with Crippen molar-refractivity contribution < 1.29 is 17.3 Å². The molecule has 114 valence electrons. The van der Waals surface area contributed by atoms with E-state index in [4.69, 9.17) is 8.92 Å². The third-order valence-electron chi connectivity index (χ3n) is 3.11. The maximum Gasteiger partial charge on any atom is 0.306 e. The van der Waals surface area contributed by atoms with Gasteiger partial charge in [-0.05, 0) is 59.5 Å². The number of fused-ring (bicyclic) bond motifs is 1. The summed E-state index contributed by atoms with van der Waals surface area (Å²) in [6, 6.07) is 15.1. The van der Waals surface area contributed by atoms with Crippen LogP contribution in [0, 0.1) is 0 Å². The maximum absolute atomic E-state index is 11.1. The van der Waals surface area contributed by atoms with Gasteiger partial charge in [0.2, 0.25) is 0 Å². The molecule has 1 aromatic heterocycles. The van der Waals surface area contributed by atoms with Crippen molar-refractivity contribution in [1.82, 2.24) is 0 Å². The Bertz CT molecular complexity index is 909. The highest BCUT2D eigenvalue weighted by Gasteiger charge is 2.08. The molecule has 0 saturated heterocycles. The standard InChI is InChI=1S/C16H14O4S2/c1-19-14-8-5-12-9-15(21-16(12)10-14)11-3-6-13(7-4-11)20-22(2,17)18/h3-10H,1-2H3. The Labute approximate surface area is 133 Å². The van der Waals surface area contributed by atoms with Gasteiger partial charge < -0.3 is 8.92 Å². The summed E-state index contributed by atoms with van der Waals surface area (Å²) >= 11 is 1.66. The third kappa shape index (κ3) is 3.23. The lowest BCUT2D eigenvalue weighted by molar-refractivity contribution is 0.415. The van der Waals surface area contributed by atoms with Gasteiger partial charge in [-0.1, -0.05) is 0 Å². The fourth-order valence-corrected chi connectivity index (χ4v) is 3.69. The van der Waals surface area contributed by atoms with Crippen LogP contribution in [0.3, 0.4) is 0 Å². The lowest BCUT2D eigenvalue weighted by Crippen LogP contribution is -2.05. The van der Waals surface area contributed by atoms with E-state index in [9.17, 15) is 8.42 Å². The summed E-state index contributed by atoms with van der Waals surface area (Å²) in [5, 5.41) is 1.15. The molecule has 0 aliphatic carbocycles. The van der Waals surface area contributed by atoms with Gasteiger partial charge in [-0.25, -0.2) is 0 Å². The predicted octanol–water partition coefficient (Wildman–Crippen LogP) is 3.92. The van der Waals surface area contributed by atoms with Crippen LogP contribution in [0.25, 0.3) is 20.5 Å². The summed E-state index contributed by atoms with van der Waals surface area (Å²) in [7, 11) is -1.85. The number of hydrogen-bond acceptors (Lipinski definition) is 5. The summed E-state index contributed by atoms with van der Waals surface area (Å²) in [6.45, 7) is 0. The molecule has 0 radical (unpaired) electrons. The van der Waals surface area contributed by atoms with Crippen molar-refractivity contribution in [2.45, 2.75) is 0 Å². The fourth-order valence-electron chi connectivity index (χ4n) is 2.13. The Hall–Kier alpha value is -2.05. The molecule has 0 aliphatic heterocycles. The number of rotatable bonds is 4. The summed E-state index contributed by atoms with van der Waals surface area (Å²) in [5.74, 6) is 1.15. The lowest BCUT2D eigenvalue weighted by Gasteiger charge is -2.03. The Morgan fingerprint density at radius 2 is 1.64 bits per heavy atom. The molecule has 0 aliphatic rings. The van der Waals surface area contributed by atoms with Gasteiger partial charge in [-0.2, -0.15) is 8.42 Å². The molecule has 22 heavy (non-hydrogen) atoms. The summed E-state index contributed by atoms with van der Waals surface area (Å²) in [6.07, 6.45) is 1.03. The molecular weight excluding hydrogens is 320 g/mol. The van der Waals surface area contributed by atoms with Gasteiger partial charge in [0.1, 0.15) is 11.5 Å². The van der Waals surface area contributed by atoms with Gasteiger partial charge in [0.15, 0.2) is 0 Å². The first-order valence-corrected chi connectivity index (χ1v) is 9.15. The largest absolute Gasteiger partial charge is 0.497 e. The monoisotopic (exact) mass is 334 g/mol. The topological polar surface area (TPSA) is 52.6 Å². The van der Waals surface area contributed by atoms with Crippen LogP contribution in [0.2, 0.25) is 0 Å². The minimum absolute atomic E-state index is 0.314. The van der Waals surface area contributed by atoms with E-state index in [0.717, 1.165) is 32.5 Å². The van der Waals surface area contributed by atoms with Crippen LogP contribution in [0.5, 0.6) is 11.5 Å². The summed E-state index contributed by atoms with van der Waals surface area (Å²) in [5.41, 5.74) is 1.01. The second-order valence-electron chi connectivity index (χ2n) is 4.83. The lowest BCUT2D eigenvalue weighted by atomic mass is 10.1. The van der Waals surface area contributed by atoms with E-state index in [2.05, 4.69) is 6.07 Å². The maximum atomic E-state index is 11.1. The van der Waals surface area contributed by atoms with Crippen molar-refractivity contribution in [2.24, 2.45) is 0 Å². The highest BCUT2D eigenvalue weighted by Crippen LogP contribution is 2.35.